The van der Waals surface area contributed by atoms with Gasteiger partial charge in [-0.15, -0.1) is 0 Å². The summed E-state index contributed by atoms with van der Waals surface area (Å²) in [7, 11) is 0. The molecule has 1 aromatic heterocycles. The van der Waals surface area contributed by atoms with Crippen LogP contribution in [0.3, 0.4) is 0 Å². The van der Waals surface area contributed by atoms with Crippen LogP contribution in [0.25, 0.3) is 0 Å². The van der Waals surface area contributed by atoms with Gasteiger partial charge in [-0.1, -0.05) is 60.7 Å². The minimum atomic E-state index is -1.13. The predicted molar refractivity (Wildman–Crippen MR) is 138 cm³/mol. The first-order valence-corrected chi connectivity index (χ1v) is 12.6. The minimum Gasteiger partial charge on any atom is -0.445 e. The number of H-pyrrole nitrogens is 1. The van der Waals surface area contributed by atoms with Crippen LogP contribution in [0.1, 0.15) is 24.3 Å². The lowest BCUT2D eigenvalue weighted by molar-refractivity contribution is -0.117. The molecule has 12 heteroatoms. The van der Waals surface area contributed by atoms with E-state index in [4.69, 9.17) is 18.9 Å². The summed E-state index contributed by atoms with van der Waals surface area (Å²) in [6.07, 6.45) is -2.57. The fraction of sp³-hybridized carbons (Fsp3) is 0.308. The lowest BCUT2D eigenvalue weighted by Crippen LogP contribution is -2.41. The van der Waals surface area contributed by atoms with Crippen LogP contribution in [-0.2, 0) is 37.0 Å². The number of benzene rings is 2. The monoisotopic (exact) mass is 541 g/mol. The third-order valence-electron chi connectivity index (χ3n) is 5.60. The number of carbonyl (C=O) groups is 2. The van der Waals surface area contributed by atoms with E-state index >= 15 is 0 Å². The third-order valence-corrected chi connectivity index (χ3v) is 6.25. The summed E-state index contributed by atoms with van der Waals surface area (Å²) < 4.78 is 27.4. The molecule has 38 heavy (non-hydrogen) atoms. The number of hydrogen-bond donors (Lipinski definition) is 2. The minimum absolute atomic E-state index is 0.0653. The number of nitrogens with zero attached hydrogens (tertiary/aromatic N) is 1. The summed E-state index contributed by atoms with van der Waals surface area (Å²) in [5, 5.41) is -0.824. The van der Waals surface area contributed by atoms with Crippen LogP contribution in [0.5, 0.6) is 0 Å². The molecule has 0 bridgehead atoms. The smallest absolute Gasteiger partial charge is 0.388 e. The number of ether oxygens (including phenoxy) is 4. The molecule has 0 saturated carbocycles. The maximum absolute atomic E-state index is 12.6. The first kappa shape index (κ1) is 27.3. The van der Waals surface area contributed by atoms with E-state index in [1.165, 1.54) is 13.1 Å². The van der Waals surface area contributed by atoms with Crippen LogP contribution in [-0.4, -0.2) is 45.7 Å². The fourth-order valence-electron chi connectivity index (χ4n) is 3.90. The highest BCUT2D eigenvalue weighted by Gasteiger charge is 2.49. The predicted octanol–water partition coefficient (Wildman–Crippen LogP) is 2.53. The summed E-state index contributed by atoms with van der Waals surface area (Å²) in [5.74, 6) is -0.438. The lowest BCUT2D eigenvalue weighted by atomic mass is 10.1. The second-order valence-corrected chi connectivity index (χ2v) is 9.18. The molecule has 200 valence electrons. The Bertz CT molecular complexity index is 1330. The normalized spacial score (nSPS) is 20.7. The molecule has 1 aliphatic heterocycles. The van der Waals surface area contributed by atoms with E-state index in [1.807, 2.05) is 60.7 Å². The Morgan fingerprint density at radius 3 is 2.26 bits per heavy atom. The Hall–Kier alpha value is -3.71. The maximum Gasteiger partial charge on any atom is 0.388 e. The van der Waals surface area contributed by atoms with E-state index in [-0.39, 0.29) is 13.2 Å². The molecule has 1 fully saturated rings. The molecule has 0 spiro atoms. The second-order valence-electron chi connectivity index (χ2n) is 8.44. The number of aromatic nitrogens is 2. The second kappa shape index (κ2) is 13.2. The average molecular weight is 542 g/mol. The van der Waals surface area contributed by atoms with Crippen LogP contribution in [0.2, 0.25) is 0 Å². The molecule has 1 saturated heterocycles. The van der Waals surface area contributed by atoms with Gasteiger partial charge >= 0.3 is 11.0 Å². The molecule has 2 N–H and O–H groups in total. The number of carbonyl (C=O) groups excluding carboxylic acids is 2. The van der Waals surface area contributed by atoms with Gasteiger partial charge in [0, 0.05) is 19.2 Å². The molecule has 1 amide bonds. The SMILES string of the molecule is CC(=O)NSC(=O)O[C@@H]1[C@@H](OCc2ccccc2)[C@@H](COCc2ccccc2)O[C@H]1n1ccc(=O)[nH]c1=O. The summed E-state index contributed by atoms with van der Waals surface area (Å²) in [4.78, 5) is 50.3. The van der Waals surface area contributed by atoms with Crippen molar-refractivity contribution in [3.63, 3.8) is 0 Å². The van der Waals surface area contributed by atoms with Gasteiger partial charge in [-0.05, 0) is 11.1 Å². The van der Waals surface area contributed by atoms with Gasteiger partial charge in [0.15, 0.2) is 12.3 Å². The molecule has 4 atom stereocenters. The first-order chi connectivity index (χ1) is 18.4. The zero-order valence-electron chi connectivity index (χ0n) is 20.5. The standard InChI is InChI=1S/C26H27N3O8S/c1-17(30)28-38-26(33)37-23-22(35-15-19-10-6-3-7-11-19)20(16-34-14-18-8-4-2-5-9-18)36-24(23)29-13-12-21(31)27-25(29)32/h2-13,20,22-24H,14-16H2,1H3,(H,28,30)(H,27,31,32)/t20-,22+,23-,24-/m1/s1. The first-order valence-electron chi connectivity index (χ1n) is 11.8. The van der Waals surface area contributed by atoms with Gasteiger partial charge in [0.1, 0.15) is 12.2 Å². The van der Waals surface area contributed by atoms with Crippen molar-refractivity contribution in [2.24, 2.45) is 0 Å². The molecule has 2 heterocycles. The topological polar surface area (TPSA) is 138 Å². The van der Waals surface area contributed by atoms with Crippen LogP contribution < -0.4 is 16.0 Å². The summed E-state index contributed by atoms with van der Waals surface area (Å²) in [6, 6.07) is 20.1. The van der Waals surface area contributed by atoms with Crippen molar-refractivity contribution < 1.29 is 28.5 Å². The summed E-state index contributed by atoms with van der Waals surface area (Å²) in [5.41, 5.74) is 0.499. The number of nitrogens with one attached hydrogen (secondary N) is 2. The molecular weight excluding hydrogens is 514 g/mol. The van der Waals surface area contributed by atoms with Crippen molar-refractivity contribution in [1.82, 2.24) is 14.3 Å². The number of aromatic amines is 1. The van der Waals surface area contributed by atoms with E-state index < -0.39 is 47.0 Å². The van der Waals surface area contributed by atoms with Crippen LogP contribution in [0.4, 0.5) is 4.79 Å². The molecular formula is C26H27N3O8S. The van der Waals surface area contributed by atoms with Gasteiger partial charge in [-0.2, -0.15) is 0 Å². The molecule has 0 unspecified atom stereocenters. The highest BCUT2D eigenvalue weighted by Crippen LogP contribution is 2.34. The van der Waals surface area contributed by atoms with Crippen molar-refractivity contribution in [2.45, 2.75) is 44.7 Å². The highest BCUT2D eigenvalue weighted by atomic mass is 32.2. The Morgan fingerprint density at radius 1 is 0.974 bits per heavy atom. The van der Waals surface area contributed by atoms with Gasteiger partial charge in [-0.25, -0.2) is 9.59 Å². The van der Waals surface area contributed by atoms with Gasteiger partial charge in [0.05, 0.1) is 31.8 Å². The Kier molecular flexibility index (Phi) is 9.49. The van der Waals surface area contributed by atoms with Crippen molar-refractivity contribution in [3.05, 3.63) is 105 Å². The van der Waals surface area contributed by atoms with Crippen molar-refractivity contribution in [1.29, 1.82) is 0 Å². The average Bonchev–Trinajstić information content (AvgIpc) is 3.23. The molecule has 4 rings (SSSR count). The van der Waals surface area contributed by atoms with E-state index in [9.17, 15) is 19.2 Å². The van der Waals surface area contributed by atoms with Crippen molar-refractivity contribution in [3.8, 4) is 0 Å². The van der Waals surface area contributed by atoms with Gasteiger partial charge in [0.25, 0.3) is 5.56 Å². The van der Waals surface area contributed by atoms with Gasteiger partial charge in [0.2, 0.25) is 5.91 Å². The zero-order chi connectivity index (χ0) is 26.9. The van der Waals surface area contributed by atoms with Crippen molar-refractivity contribution >= 4 is 23.2 Å². The van der Waals surface area contributed by atoms with E-state index in [0.29, 0.717) is 18.6 Å². The summed E-state index contributed by atoms with van der Waals surface area (Å²) >= 11 is 0.460. The van der Waals surface area contributed by atoms with Gasteiger partial charge in [-0.3, -0.25) is 23.9 Å². The molecule has 3 aromatic rings. The number of rotatable bonds is 9. The largest absolute Gasteiger partial charge is 0.445 e. The maximum atomic E-state index is 12.6. The van der Waals surface area contributed by atoms with Gasteiger partial charge < -0.3 is 18.9 Å². The van der Waals surface area contributed by atoms with Crippen LogP contribution >= 0.6 is 11.9 Å². The molecule has 0 radical (unpaired) electrons. The molecule has 1 aliphatic rings. The lowest BCUT2D eigenvalue weighted by Gasteiger charge is -2.25. The quantitative estimate of drug-likeness (QED) is 0.309. The van der Waals surface area contributed by atoms with Crippen LogP contribution in [0.15, 0.2) is 82.5 Å². The van der Waals surface area contributed by atoms with Crippen LogP contribution in [0, 0.1) is 0 Å². The van der Waals surface area contributed by atoms with Crippen molar-refractivity contribution in [2.75, 3.05) is 6.61 Å². The molecule has 2 aromatic carbocycles. The number of amides is 1. The Morgan fingerprint density at radius 2 is 1.63 bits per heavy atom. The summed E-state index contributed by atoms with van der Waals surface area (Å²) in [6.45, 7) is 1.80. The van der Waals surface area contributed by atoms with E-state index in [0.717, 1.165) is 21.8 Å². The third kappa shape index (κ3) is 7.42. The zero-order valence-corrected chi connectivity index (χ0v) is 21.3. The van der Waals surface area contributed by atoms with E-state index in [2.05, 4.69) is 9.71 Å². The number of hydrogen-bond acceptors (Lipinski definition) is 9. The Labute approximate surface area is 222 Å². The fourth-order valence-corrected chi connectivity index (χ4v) is 4.29. The Balaban J connectivity index is 1.59. The van der Waals surface area contributed by atoms with E-state index in [1.54, 1.807) is 0 Å². The molecule has 11 nitrogen and oxygen atoms in total. The molecule has 0 aliphatic carbocycles. The highest BCUT2D eigenvalue weighted by molar-refractivity contribution is 8.12.